The van der Waals surface area contributed by atoms with Crippen LogP contribution in [0.2, 0.25) is 0 Å². The number of anilines is 1. The average molecular weight is 401 g/mol. The summed E-state index contributed by atoms with van der Waals surface area (Å²) in [6.45, 7) is 1.88. The quantitative estimate of drug-likeness (QED) is 0.691. The molecule has 128 valence electrons. The summed E-state index contributed by atoms with van der Waals surface area (Å²) in [5, 5.41) is 5.38. The molecule has 6 nitrogen and oxygen atoms in total. The minimum atomic E-state index is -0.285. The number of halogens is 1. The van der Waals surface area contributed by atoms with E-state index in [0.29, 0.717) is 5.69 Å². The van der Waals surface area contributed by atoms with Gasteiger partial charge in [0.25, 0.3) is 0 Å². The maximum Gasteiger partial charge on any atom is 0.243 e. The van der Waals surface area contributed by atoms with Crippen LogP contribution in [-0.2, 0) is 16.1 Å². The van der Waals surface area contributed by atoms with Crippen LogP contribution in [0.15, 0.2) is 53.0 Å². The van der Waals surface area contributed by atoms with Crippen LogP contribution in [0.25, 0.3) is 11.0 Å². The molecule has 0 radical (unpaired) electrons. The molecule has 0 atom stereocenters. The van der Waals surface area contributed by atoms with E-state index < -0.39 is 0 Å². The predicted molar refractivity (Wildman–Crippen MR) is 100 cm³/mol. The Hall–Kier alpha value is -2.67. The molecule has 0 aliphatic heterocycles. The number of fused-ring (bicyclic) bond motifs is 1. The van der Waals surface area contributed by atoms with Gasteiger partial charge in [-0.25, -0.2) is 4.98 Å². The van der Waals surface area contributed by atoms with Crippen molar-refractivity contribution in [2.45, 2.75) is 13.5 Å². The summed E-state index contributed by atoms with van der Waals surface area (Å²) in [6.07, 6.45) is 0. The summed E-state index contributed by atoms with van der Waals surface area (Å²) in [4.78, 5) is 28.6. The third kappa shape index (κ3) is 4.06. The first-order chi connectivity index (χ1) is 12.0. The first-order valence-corrected chi connectivity index (χ1v) is 8.57. The average Bonchev–Trinajstić information content (AvgIpc) is 2.91. The van der Waals surface area contributed by atoms with Gasteiger partial charge in [0.05, 0.1) is 23.3 Å². The molecular formula is C18H17BrN4O2. The van der Waals surface area contributed by atoms with E-state index in [0.717, 1.165) is 21.3 Å². The van der Waals surface area contributed by atoms with E-state index in [2.05, 4.69) is 31.5 Å². The van der Waals surface area contributed by atoms with Crippen LogP contribution < -0.4 is 10.6 Å². The van der Waals surface area contributed by atoms with Crippen molar-refractivity contribution >= 4 is 44.5 Å². The third-order valence-electron chi connectivity index (χ3n) is 3.74. The van der Waals surface area contributed by atoms with Gasteiger partial charge in [-0.2, -0.15) is 0 Å². The number of aromatic nitrogens is 2. The number of para-hydroxylation sites is 3. The number of hydrogen-bond donors (Lipinski definition) is 2. The second-order valence-electron chi connectivity index (χ2n) is 5.54. The predicted octanol–water partition coefficient (Wildman–Crippen LogP) is 2.86. The topological polar surface area (TPSA) is 76.0 Å². The zero-order valence-corrected chi connectivity index (χ0v) is 15.2. The Kier molecular flexibility index (Phi) is 5.14. The molecule has 0 aliphatic carbocycles. The number of amides is 2. The van der Waals surface area contributed by atoms with E-state index in [-0.39, 0.29) is 24.9 Å². The van der Waals surface area contributed by atoms with Crippen molar-refractivity contribution in [2.24, 2.45) is 0 Å². The Labute approximate surface area is 153 Å². The van der Waals surface area contributed by atoms with E-state index in [1.165, 1.54) is 0 Å². The second-order valence-corrected chi connectivity index (χ2v) is 6.39. The fourth-order valence-electron chi connectivity index (χ4n) is 2.53. The molecule has 0 bridgehead atoms. The van der Waals surface area contributed by atoms with Gasteiger partial charge in [-0.05, 0) is 47.1 Å². The van der Waals surface area contributed by atoms with Crippen LogP contribution in [0.1, 0.15) is 5.82 Å². The van der Waals surface area contributed by atoms with Crippen molar-refractivity contribution in [1.82, 2.24) is 14.9 Å². The van der Waals surface area contributed by atoms with Gasteiger partial charge in [-0.15, -0.1) is 0 Å². The summed E-state index contributed by atoms with van der Waals surface area (Å²) >= 11 is 3.36. The smallest absolute Gasteiger partial charge is 0.243 e. The van der Waals surface area contributed by atoms with Crippen molar-refractivity contribution in [3.05, 3.63) is 58.8 Å². The third-order valence-corrected chi connectivity index (χ3v) is 4.43. The summed E-state index contributed by atoms with van der Waals surface area (Å²) in [5.74, 6) is 0.231. The summed E-state index contributed by atoms with van der Waals surface area (Å²) in [7, 11) is 0. The normalized spacial score (nSPS) is 10.6. The number of hydrogen-bond acceptors (Lipinski definition) is 3. The maximum atomic E-state index is 12.2. The molecule has 0 unspecified atom stereocenters. The molecule has 25 heavy (non-hydrogen) atoms. The Morgan fingerprint density at radius 2 is 1.80 bits per heavy atom. The molecule has 1 aromatic heterocycles. The second kappa shape index (κ2) is 7.48. The van der Waals surface area contributed by atoms with Crippen molar-refractivity contribution in [2.75, 3.05) is 11.9 Å². The molecule has 0 spiro atoms. The SMILES string of the molecule is Cc1nc2ccccc2n1CC(=O)NCC(=O)Nc1ccccc1Br. The van der Waals surface area contributed by atoms with Crippen LogP contribution >= 0.6 is 15.9 Å². The molecule has 2 aromatic carbocycles. The highest BCUT2D eigenvalue weighted by Gasteiger charge is 2.12. The van der Waals surface area contributed by atoms with Gasteiger partial charge in [0.15, 0.2) is 0 Å². The lowest BCUT2D eigenvalue weighted by Crippen LogP contribution is -2.35. The Bertz CT molecular complexity index is 936. The molecule has 7 heteroatoms. The summed E-state index contributed by atoms with van der Waals surface area (Å²) in [5.41, 5.74) is 2.41. The zero-order chi connectivity index (χ0) is 17.8. The standard InChI is InChI=1S/C18H17BrN4O2/c1-12-21-15-8-4-5-9-16(15)23(12)11-18(25)20-10-17(24)22-14-7-3-2-6-13(14)19/h2-9H,10-11H2,1H3,(H,20,25)(H,22,24). The van der Waals surface area contributed by atoms with Crippen molar-refractivity contribution < 1.29 is 9.59 Å². The number of aryl methyl sites for hydroxylation is 1. The highest BCUT2D eigenvalue weighted by atomic mass is 79.9. The molecule has 3 rings (SSSR count). The number of nitrogens with one attached hydrogen (secondary N) is 2. The van der Waals surface area contributed by atoms with Crippen molar-refractivity contribution in [3.63, 3.8) is 0 Å². The van der Waals surface area contributed by atoms with Crippen LogP contribution in [-0.4, -0.2) is 27.9 Å². The largest absolute Gasteiger partial charge is 0.345 e. The monoisotopic (exact) mass is 400 g/mol. The molecule has 3 aromatic rings. The Morgan fingerprint density at radius 3 is 2.60 bits per heavy atom. The van der Waals surface area contributed by atoms with Gasteiger partial charge in [-0.1, -0.05) is 24.3 Å². The number of nitrogens with zero attached hydrogens (tertiary/aromatic N) is 2. The highest BCUT2D eigenvalue weighted by molar-refractivity contribution is 9.10. The van der Waals surface area contributed by atoms with Gasteiger partial charge in [0, 0.05) is 4.47 Å². The van der Waals surface area contributed by atoms with Crippen LogP contribution in [0, 0.1) is 6.92 Å². The Balaban J connectivity index is 1.58. The lowest BCUT2D eigenvalue weighted by molar-refractivity contribution is -0.124. The van der Waals surface area contributed by atoms with Crippen molar-refractivity contribution in [1.29, 1.82) is 0 Å². The molecule has 2 amide bonds. The summed E-state index contributed by atoms with van der Waals surface area (Å²) < 4.78 is 2.62. The lowest BCUT2D eigenvalue weighted by Gasteiger charge is -2.10. The molecule has 0 fully saturated rings. The van der Waals surface area contributed by atoms with Crippen molar-refractivity contribution in [3.8, 4) is 0 Å². The molecule has 0 saturated heterocycles. The first kappa shape index (κ1) is 17.2. The highest BCUT2D eigenvalue weighted by Crippen LogP contribution is 2.20. The number of imidazole rings is 1. The van der Waals surface area contributed by atoms with Gasteiger partial charge < -0.3 is 15.2 Å². The first-order valence-electron chi connectivity index (χ1n) is 7.77. The minimum Gasteiger partial charge on any atom is -0.345 e. The lowest BCUT2D eigenvalue weighted by atomic mass is 10.3. The fourth-order valence-corrected chi connectivity index (χ4v) is 2.91. The molecular weight excluding hydrogens is 384 g/mol. The number of benzene rings is 2. The fraction of sp³-hybridized carbons (Fsp3) is 0.167. The van der Waals surface area contributed by atoms with E-state index >= 15 is 0 Å². The van der Waals surface area contributed by atoms with E-state index in [9.17, 15) is 9.59 Å². The molecule has 2 N–H and O–H groups in total. The Morgan fingerprint density at radius 1 is 1.08 bits per heavy atom. The zero-order valence-electron chi connectivity index (χ0n) is 13.6. The molecule has 0 saturated carbocycles. The van der Waals surface area contributed by atoms with Crippen LogP contribution in [0.5, 0.6) is 0 Å². The van der Waals surface area contributed by atoms with Crippen LogP contribution in [0.3, 0.4) is 0 Å². The van der Waals surface area contributed by atoms with Gasteiger partial charge >= 0.3 is 0 Å². The van der Waals surface area contributed by atoms with Crippen LogP contribution in [0.4, 0.5) is 5.69 Å². The summed E-state index contributed by atoms with van der Waals surface area (Å²) in [6, 6.07) is 14.9. The molecule has 1 heterocycles. The number of rotatable bonds is 5. The maximum absolute atomic E-state index is 12.2. The van der Waals surface area contributed by atoms with Gasteiger partial charge in [0.1, 0.15) is 12.4 Å². The number of carbonyl (C=O) groups excluding carboxylic acids is 2. The van der Waals surface area contributed by atoms with E-state index in [4.69, 9.17) is 0 Å². The minimum absolute atomic E-state index is 0.0914. The van der Waals surface area contributed by atoms with E-state index in [1.807, 2.05) is 54.0 Å². The number of carbonyl (C=O) groups is 2. The van der Waals surface area contributed by atoms with Gasteiger partial charge in [0.2, 0.25) is 11.8 Å². The van der Waals surface area contributed by atoms with E-state index in [1.54, 1.807) is 6.07 Å². The van der Waals surface area contributed by atoms with Gasteiger partial charge in [-0.3, -0.25) is 9.59 Å². The molecule has 0 aliphatic rings.